The Hall–Kier alpha value is -1.66. The van der Waals surface area contributed by atoms with Gasteiger partial charge < -0.3 is 13.9 Å². The van der Waals surface area contributed by atoms with Crippen LogP contribution in [0.25, 0.3) is 11.5 Å². The third kappa shape index (κ3) is 3.64. The predicted molar refractivity (Wildman–Crippen MR) is 85.8 cm³/mol. The summed E-state index contributed by atoms with van der Waals surface area (Å²) in [6, 6.07) is 2.44. The average molecular weight is 319 g/mol. The van der Waals surface area contributed by atoms with E-state index in [-0.39, 0.29) is 0 Å². The fourth-order valence-corrected chi connectivity index (χ4v) is 3.38. The van der Waals surface area contributed by atoms with Crippen LogP contribution >= 0.6 is 0 Å². The van der Waals surface area contributed by atoms with Gasteiger partial charge in [-0.3, -0.25) is 4.90 Å². The Morgan fingerprint density at radius 1 is 1.17 bits per heavy atom. The van der Waals surface area contributed by atoms with Crippen molar-refractivity contribution in [1.29, 1.82) is 0 Å². The molecule has 0 spiro atoms. The maximum Gasteiger partial charge on any atom is 0.251 e. The Balaban J connectivity index is 1.62. The molecule has 0 saturated heterocycles. The molecule has 6 nitrogen and oxygen atoms in total. The lowest BCUT2D eigenvalue weighted by molar-refractivity contribution is 0.118. The third-order valence-corrected chi connectivity index (χ3v) is 4.82. The second kappa shape index (κ2) is 6.84. The monoisotopic (exact) mass is 319 g/mol. The lowest BCUT2D eigenvalue weighted by atomic mass is 9.86. The van der Waals surface area contributed by atoms with Crippen LogP contribution in [0.2, 0.25) is 0 Å². The van der Waals surface area contributed by atoms with E-state index in [9.17, 15) is 5.11 Å². The van der Waals surface area contributed by atoms with E-state index in [1.54, 1.807) is 0 Å². The van der Waals surface area contributed by atoms with Gasteiger partial charge in [0, 0.05) is 12.6 Å². The summed E-state index contributed by atoms with van der Waals surface area (Å²) in [6.07, 6.45) is 4.41. The van der Waals surface area contributed by atoms with Crippen LogP contribution in [-0.4, -0.2) is 39.9 Å². The average Bonchev–Trinajstić information content (AvgIpc) is 3.13. The van der Waals surface area contributed by atoms with E-state index in [2.05, 4.69) is 22.1 Å². The molecule has 0 aliphatic heterocycles. The number of hydrogen-bond acceptors (Lipinski definition) is 6. The van der Waals surface area contributed by atoms with Crippen molar-refractivity contribution in [3.05, 3.63) is 23.5 Å². The number of aliphatic hydroxyl groups is 1. The van der Waals surface area contributed by atoms with Crippen LogP contribution in [0.3, 0.4) is 0 Å². The topological polar surface area (TPSA) is 75.5 Å². The minimum atomic E-state index is 0.312. The van der Waals surface area contributed by atoms with Gasteiger partial charge in [0.15, 0.2) is 0 Å². The van der Waals surface area contributed by atoms with Crippen LogP contribution in [0.15, 0.2) is 14.9 Å². The molecule has 0 atom stereocenters. The molecule has 126 valence electrons. The zero-order valence-electron chi connectivity index (χ0n) is 14.1. The second-order valence-electron chi connectivity index (χ2n) is 6.60. The summed E-state index contributed by atoms with van der Waals surface area (Å²) in [6.45, 7) is 4.77. The molecular formula is C17H25N3O3. The molecular weight excluding hydrogens is 294 g/mol. The Morgan fingerprint density at radius 2 is 1.91 bits per heavy atom. The first-order valence-corrected chi connectivity index (χ1v) is 8.27. The molecule has 3 rings (SSSR count). The standard InChI is InChI=1S/C17H25N3O3/c1-11-8-15(12(2)22-11)17-19-18-16(23-17)9-20(3)14-6-4-13(10-21)5-7-14/h8,13-14,21H,4-7,9-10H2,1-3H3. The van der Waals surface area contributed by atoms with Gasteiger partial charge in [-0.1, -0.05) is 0 Å². The molecule has 0 amide bonds. The van der Waals surface area contributed by atoms with Gasteiger partial charge in [0.2, 0.25) is 5.89 Å². The lowest BCUT2D eigenvalue weighted by Gasteiger charge is -2.33. The summed E-state index contributed by atoms with van der Waals surface area (Å²) in [5, 5.41) is 17.5. The number of nitrogens with zero attached hydrogens (tertiary/aromatic N) is 3. The highest BCUT2D eigenvalue weighted by atomic mass is 16.4. The number of hydrogen-bond donors (Lipinski definition) is 1. The highest BCUT2D eigenvalue weighted by Gasteiger charge is 2.25. The maximum absolute atomic E-state index is 9.23. The van der Waals surface area contributed by atoms with E-state index in [1.165, 1.54) is 0 Å². The lowest BCUT2D eigenvalue weighted by Crippen LogP contribution is -2.35. The van der Waals surface area contributed by atoms with Crippen LogP contribution in [0, 0.1) is 19.8 Å². The van der Waals surface area contributed by atoms with Crippen molar-refractivity contribution in [1.82, 2.24) is 15.1 Å². The fourth-order valence-electron chi connectivity index (χ4n) is 3.38. The van der Waals surface area contributed by atoms with E-state index in [4.69, 9.17) is 8.83 Å². The van der Waals surface area contributed by atoms with Gasteiger partial charge in [-0.2, -0.15) is 0 Å². The summed E-state index contributed by atoms with van der Waals surface area (Å²) in [7, 11) is 2.10. The molecule has 23 heavy (non-hydrogen) atoms. The zero-order valence-corrected chi connectivity index (χ0v) is 14.1. The van der Waals surface area contributed by atoms with Crippen molar-refractivity contribution < 1.29 is 13.9 Å². The molecule has 0 radical (unpaired) electrons. The third-order valence-electron chi connectivity index (χ3n) is 4.82. The fraction of sp³-hybridized carbons (Fsp3) is 0.647. The van der Waals surface area contributed by atoms with Crippen LogP contribution in [0.4, 0.5) is 0 Å². The number of aryl methyl sites for hydroxylation is 2. The van der Waals surface area contributed by atoms with E-state index in [0.29, 0.717) is 36.9 Å². The molecule has 1 N–H and O–H groups in total. The Labute approximate surface area is 136 Å². The highest BCUT2D eigenvalue weighted by molar-refractivity contribution is 5.55. The minimum Gasteiger partial charge on any atom is -0.466 e. The minimum absolute atomic E-state index is 0.312. The van der Waals surface area contributed by atoms with E-state index in [1.807, 2.05) is 19.9 Å². The maximum atomic E-state index is 9.23. The van der Waals surface area contributed by atoms with Crippen molar-refractivity contribution >= 4 is 0 Å². The molecule has 2 heterocycles. The van der Waals surface area contributed by atoms with Gasteiger partial charge in [0.25, 0.3) is 5.89 Å². The van der Waals surface area contributed by atoms with Gasteiger partial charge in [0.05, 0.1) is 12.1 Å². The molecule has 0 unspecified atom stereocenters. The Bertz CT molecular complexity index is 641. The molecule has 1 saturated carbocycles. The summed E-state index contributed by atoms with van der Waals surface area (Å²) < 4.78 is 11.3. The van der Waals surface area contributed by atoms with Gasteiger partial charge >= 0.3 is 0 Å². The molecule has 0 bridgehead atoms. The van der Waals surface area contributed by atoms with Gasteiger partial charge in [0.1, 0.15) is 11.5 Å². The summed E-state index contributed by atoms with van der Waals surface area (Å²) in [5.74, 6) is 3.27. The van der Waals surface area contributed by atoms with E-state index < -0.39 is 0 Å². The van der Waals surface area contributed by atoms with Crippen molar-refractivity contribution in [2.24, 2.45) is 5.92 Å². The smallest absolute Gasteiger partial charge is 0.251 e. The Morgan fingerprint density at radius 3 is 2.52 bits per heavy atom. The first kappa shape index (κ1) is 16.2. The van der Waals surface area contributed by atoms with Crippen molar-refractivity contribution in [3.63, 3.8) is 0 Å². The van der Waals surface area contributed by atoms with E-state index >= 15 is 0 Å². The highest BCUT2D eigenvalue weighted by Crippen LogP contribution is 2.28. The molecule has 1 aliphatic rings. The van der Waals surface area contributed by atoms with Crippen molar-refractivity contribution in [2.45, 2.75) is 52.1 Å². The van der Waals surface area contributed by atoms with Gasteiger partial charge in [-0.15, -0.1) is 10.2 Å². The molecule has 2 aromatic heterocycles. The zero-order chi connectivity index (χ0) is 16.4. The summed E-state index contributed by atoms with van der Waals surface area (Å²) in [4.78, 5) is 2.28. The van der Waals surface area contributed by atoms with Crippen molar-refractivity contribution in [2.75, 3.05) is 13.7 Å². The summed E-state index contributed by atoms with van der Waals surface area (Å²) in [5.41, 5.74) is 0.868. The summed E-state index contributed by atoms with van der Waals surface area (Å²) >= 11 is 0. The molecule has 1 fully saturated rings. The first-order valence-electron chi connectivity index (χ1n) is 8.27. The predicted octanol–water partition coefficient (Wildman–Crippen LogP) is 2.93. The second-order valence-corrected chi connectivity index (χ2v) is 6.60. The van der Waals surface area contributed by atoms with Gasteiger partial charge in [-0.25, -0.2) is 0 Å². The molecule has 1 aliphatic carbocycles. The number of furan rings is 1. The number of aromatic nitrogens is 2. The number of aliphatic hydroxyl groups excluding tert-OH is 1. The van der Waals surface area contributed by atoms with Crippen LogP contribution < -0.4 is 0 Å². The molecule has 0 aromatic carbocycles. The normalized spacial score (nSPS) is 22.0. The van der Waals surface area contributed by atoms with Crippen LogP contribution in [-0.2, 0) is 6.54 Å². The molecule has 2 aromatic rings. The SMILES string of the molecule is Cc1cc(-c2nnc(CN(C)C3CCC(CO)CC3)o2)c(C)o1. The van der Waals surface area contributed by atoms with Crippen molar-refractivity contribution in [3.8, 4) is 11.5 Å². The van der Waals surface area contributed by atoms with Crippen LogP contribution in [0.5, 0.6) is 0 Å². The van der Waals surface area contributed by atoms with Gasteiger partial charge in [-0.05, 0) is 58.6 Å². The Kier molecular flexibility index (Phi) is 4.82. The van der Waals surface area contributed by atoms with Crippen LogP contribution in [0.1, 0.15) is 43.1 Å². The molecule has 6 heteroatoms. The first-order chi connectivity index (χ1) is 11.1. The largest absolute Gasteiger partial charge is 0.466 e. The van der Waals surface area contributed by atoms with E-state index in [0.717, 1.165) is 42.8 Å². The number of rotatable bonds is 5. The quantitative estimate of drug-likeness (QED) is 0.913.